The normalized spacial score (nSPS) is 20.7. The van der Waals surface area contributed by atoms with Crippen LogP contribution in [0.4, 0.5) is 5.69 Å². The Morgan fingerprint density at radius 2 is 2.05 bits per heavy atom. The highest BCUT2D eigenvalue weighted by Crippen LogP contribution is 2.29. The Bertz CT molecular complexity index is 414. The molecule has 2 rings (SSSR count). The molecule has 1 fully saturated rings. The quantitative estimate of drug-likeness (QED) is 0.704. The van der Waals surface area contributed by atoms with Crippen LogP contribution in [0.2, 0.25) is 0 Å². The number of alkyl halides is 1. The minimum absolute atomic E-state index is 0.608. The Hall–Kier alpha value is -0.690. The fraction of sp³-hybridized carbons (Fsp3) is 0.647. The highest BCUT2D eigenvalue weighted by molar-refractivity contribution is 6.17. The van der Waals surface area contributed by atoms with Crippen molar-refractivity contribution in [3.05, 3.63) is 29.3 Å². The van der Waals surface area contributed by atoms with Crippen molar-refractivity contribution in [2.75, 3.05) is 18.0 Å². The molecule has 0 aromatic heterocycles. The molecule has 106 valence electrons. The molecule has 1 aliphatic heterocycles. The van der Waals surface area contributed by atoms with Crippen molar-refractivity contribution in [3.8, 4) is 0 Å². The van der Waals surface area contributed by atoms with Crippen LogP contribution in [0.5, 0.6) is 0 Å². The summed E-state index contributed by atoms with van der Waals surface area (Å²) in [7, 11) is 0. The molecular weight excluding hydrogens is 254 g/mol. The van der Waals surface area contributed by atoms with Gasteiger partial charge in [0.15, 0.2) is 0 Å². The summed E-state index contributed by atoms with van der Waals surface area (Å²) in [6.07, 6.45) is 4.03. The maximum Gasteiger partial charge on any atom is 0.0474 e. The Labute approximate surface area is 123 Å². The van der Waals surface area contributed by atoms with Gasteiger partial charge in [-0.2, -0.15) is 0 Å². The maximum absolute atomic E-state index is 5.90. The first-order valence-corrected chi connectivity index (χ1v) is 8.05. The number of hydrogen-bond acceptors (Lipinski definition) is 1. The topological polar surface area (TPSA) is 3.24 Å². The Kier molecular flexibility index (Phi) is 5.15. The van der Waals surface area contributed by atoms with Gasteiger partial charge in [0.25, 0.3) is 0 Å². The van der Waals surface area contributed by atoms with Crippen LogP contribution in [-0.4, -0.2) is 13.1 Å². The van der Waals surface area contributed by atoms with Crippen molar-refractivity contribution < 1.29 is 0 Å². The van der Waals surface area contributed by atoms with Crippen molar-refractivity contribution in [1.82, 2.24) is 0 Å². The zero-order valence-corrected chi connectivity index (χ0v) is 13.2. The number of hydrogen-bond donors (Lipinski definition) is 0. The van der Waals surface area contributed by atoms with Crippen LogP contribution in [-0.2, 0) is 5.88 Å². The Balaban J connectivity index is 2.10. The molecule has 0 spiro atoms. The summed E-state index contributed by atoms with van der Waals surface area (Å²) in [5.41, 5.74) is 3.98. The summed E-state index contributed by atoms with van der Waals surface area (Å²) < 4.78 is 0. The zero-order valence-electron chi connectivity index (χ0n) is 12.5. The predicted molar refractivity (Wildman–Crippen MR) is 85.1 cm³/mol. The number of halogens is 1. The van der Waals surface area contributed by atoms with Gasteiger partial charge < -0.3 is 4.90 Å². The molecule has 2 heteroatoms. The summed E-state index contributed by atoms with van der Waals surface area (Å²) in [6.45, 7) is 9.33. The predicted octanol–water partition coefficient (Wildman–Crippen LogP) is 5.00. The van der Waals surface area contributed by atoms with Gasteiger partial charge in [-0.1, -0.05) is 26.0 Å². The lowest BCUT2D eigenvalue weighted by molar-refractivity contribution is 0.351. The smallest absolute Gasteiger partial charge is 0.0474 e. The van der Waals surface area contributed by atoms with E-state index in [0.29, 0.717) is 5.88 Å². The SMILES string of the molecule is Cc1cc(CCl)ccc1N1CCCC(C(C)C)CC1. The van der Waals surface area contributed by atoms with Gasteiger partial charge in [-0.05, 0) is 55.2 Å². The van der Waals surface area contributed by atoms with Crippen molar-refractivity contribution in [2.45, 2.75) is 45.9 Å². The Morgan fingerprint density at radius 1 is 1.26 bits per heavy atom. The molecule has 1 saturated heterocycles. The number of aryl methyl sites for hydroxylation is 1. The standard InChI is InChI=1S/C17H26ClN/c1-13(2)16-5-4-9-19(10-8-16)17-7-6-15(12-18)11-14(17)3/h6-7,11,13,16H,4-5,8-10,12H2,1-3H3. The van der Waals surface area contributed by atoms with Crippen LogP contribution in [0.25, 0.3) is 0 Å². The van der Waals surface area contributed by atoms with E-state index >= 15 is 0 Å². The molecule has 0 radical (unpaired) electrons. The van der Waals surface area contributed by atoms with Gasteiger partial charge in [0.05, 0.1) is 0 Å². The molecule has 0 bridgehead atoms. The van der Waals surface area contributed by atoms with Crippen LogP contribution in [0, 0.1) is 18.8 Å². The van der Waals surface area contributed by atoms with E-state index in [2.05, 4.69) is 43.9 Å². The molecule has 1 atom stereocenters. The van der Waals surface area contributed by atoms with Crippen molar-refractivity contribution in [2.24, 2.45) is 11.8 Å². The fourth-order valence-corrected chi connectivity index (χ4v) is 3.35. The molecule has 0 N–H and O–H groups in total. The van der Waals surface area contributed by atoms with Crippen LogP contribution in [0.3, 0.4) is 0 Å². The van der Waals surface area contributed by atoms with E-state index < -0.39 is 0 Å². The molecule has 1 aromatic rings. The molecule has 0 aliphatic carbocycles. The maximum atomic E-state index is 5.90. The van der Waals surface area contributed by atoms with Gasteiger partial charge in [-0.15, -0.1) is 11.6 Å². The molecule has 1 aliphatic rings. The summed E-state index contributed by atoms with van der Waals surface area (Å²) in [5, 5.41) is 0. The third kappa shape index (κ3) is 3.66. The number of benzene rings is 1. The Morgan fingerprint density at radius 3 is 2.68 bits per heavy atom. The summed E-state index contributed by atoms with van der Waals surface area (Å²) >= 11 is 5.90. The van der Waals surface area contributed by atoms with E-state index in [1.165, 1.54) is 49.2 Å². The first-order chi connectivity index (χ1) is 9.11. The van der Waals surface area contributed by atoms with E-state index in [-0.39, 0.29) is 0 Å². The van der Waals surface area contributed by atoms with Gasteiger partial charge in [0.2, 0.25) is 0 Å². The number of rotatable bonds is 3. The molecule has 1 nitrogen and oxygen atoms in total. The van der Waals surface area contributed by atoms with Crippen molar-refractivity contribution in [3.63, 3.8) is 0 Å². The van der Waals surface area contributed by atoms with Gasteiger partial charge in [-0.3, -0.25) is 0 Å². The molecule has 0 saturated carbocycles. The fourth-order valence-electron chi connectivity index (χ4n) is 3.19. The van der Waals surface area contributed by atoms with Crippen LogP contribution >= 0.6 is 11.6 Å². The second-order valence-electron chi connectivity index (χ2n) is 6.18. The van der Waals surface area contributed by atoms with Gasteiger partial charge >= 0.3 is 0 Å². The van der Waals surface area contributed by atoms with E-state index in [1.54, 1.807) is 0 Å². The lowest BCUT2D eigenvalue weighted by atomic mass is 9.89. The lowest BCUT2D eigenvalue weighted by Crippen LogP contribution is -2.25. The monoisotopic (exact) mass is 279 g/mol. The third-order valence-corrected chi connectivity index (χ3v) is 4.78. The number of anilines is 1. The van der Waals surface area contributed by atoms with E-state index in [4.69, 9.17) is 11.6 Å². The van der Waals surface area contributed by atoms with Crippen molar-refractivity contribution >= 4 is 17.3 Å². The number of nitrogens with zero attached hydrogens (tertiary/aromatic N) is 1. The highest BCUT2D eigenvalue weighted by atomic mass is 35.5. The second kappa shape index (κ2) is 6.65. The van der Waals surface area contributed by atoms with Gasteiger partial charge in [0, 0.05) is 24.7 Å². The highest BCUT2D eigenvalue weighted by Gasteiger charge is 2.20. The van der Waals surface area contributed by atoms with Crippen LogP contribution < -0.4 is 4.90 Å². The summed E-state index contributed by atoms with van der Waals surface area (Å²) in [5.74, 6) is 2.32. The van der Waals surface area contributed by atoms with Gasteiger partial charge in [0.1, 0.15) is 0 Å². The largest absolute Gasteiger partial charge is 0.371 e. The van der Waals surface area contributed by atoms with E-state index in [1.807, 2.05) is 0 Å². The zero-order chi connectivity index (χ0) is 13.8. The first-order valence-electron chi connectivity index (χ1n) is 7.52. The molecule has 19 heavy (non-hydrogen) atoms. The molecule has 0 amide bonds. The average Bonchev–Trinajstić information content (AvgIpc) is 2.64. The minimum atomic E-state index is 0.608. The molecular formula is C17H26ClN. The summed E-state index contributed by atoms with van der Waals surface area (Å²) in [6, 6.07) is 6.65. The first kappa shape index (κ1) is 14.7. The third-order valence-electron chi connectivity index (χ3n) is 4.47. The van der Waals surface area contributed by atoms with Crippen LogP contribution in [0.1, 0.15) is 44.2 Å². The molecule has 1 heterocycles. The molecule has 1 unspecified atom stereocenters. The lowest BCUT2D eigenvalue weighted by Gasteiger charge is -2.25. The van der Waals surface area contributed by atoms with E-state index in [0.717, 1.165) is 11.8 Å². The van der Waals surface area contributed by atoms with E-state index in [9.17, 15) is 0 Å². The van der Waals surface area contributed by atoms with Crippen molar-refractivity contribution in [1.29, 1.82) is 0 Å². The molecule has 1 aromatic carbocycles. The average molecular weight is 280 g/mol. The van der Waals surface area contributed by atoms with Gasteiger partial charge in [-0.25, -0.2) is 0 Å². The summed E-state index contributed by atoms with van der Waals surface area (Å²) in [4.78, 5) is 2.57. The second-order valence-corrected chi connectivity index (χ2v) is 6.44. The minimum Gasteiger partial charge on any atom is -0.371 e. The van der Waals surface area contributed by atoms with Crippen LogP contribution in [0.15, 0.2) is 18.2 Å².